The van der Waals surface area contributed by atoms with Crippen molar-refractivity contribution in [2.75, 3.05) is 33.0 Å². The lowest BCUT2D eigenvalue weighted by Gasteiger charge is -2.39. The van der Waals surface area contributed by atoms with Gasteiger partial charge in [-0.1, -0.05) is 0 Å². The summed E-state index contributed by atoms with van der Waals surface area (Å²) in [6, 6.07) is -2.48. The van der Waals surface area contributed by atoms with Crippen LogP contribution in [0.15, 0.2) is 30.4 Å². The van der Waals surface area contributed by atoms with Gasteiger partial charge < -0.3 is 37.8 Å². The number of ether oxygens (including phenoxy) is 4. The van der Waals surface area contributed by atoms with Crippen molar-refractivity contribution in [2.24, 2.45) is 0 Å². The van der Waals surface area contributed by atoms with Gasteiger partial charge in [0.15, 0.2) is 34.5 Å². The first-order chi connectivity index (χ1) is 23.0. The smallest absolute Gasteiger partial charge is 0.273 e. The number of benzene rings is 1. The molecule has 0 radical (unpaired) electrons. The fourth-order valence-electron chi connectivity index (χ4n) is 3.51. The van der Waals surface area contributed by atoms with Crippen LogP contribution in [0.2, 0.25) is 0 Å². The zero-order chi connectivity index (χ0) is 37.7. The number of carbonyl (C=O) groups excluding carboxylic acids is 1. The number of pyridine rings is 1. The fraction of sp³-hybridized carbons (Fsp3) is 0.360. The molecule has 2 aromatic heterocycles. The third-order valence-corrected chi connectivity index (χ3v) is 5.69. The summed E-state index contributed by atoms with van der Waals surface area (Å²) in [4.78, 5) is 48.2. The second-order valence-electron chi connectivity index (χ2n) is 7.95. The van der Waals surface area contributed by atoms with Crippen LogP contribution in [-0.2, 0) is 26.7 Å². The van der Waals surface area contributed by atoms with Crippen LogP contribution in [0.4, 0.5) is 10.2 Å². The third-order valence-electron chi connectivity index (χ3n) is 5.26. The summed E-state index contributed by atoms with van der Waals surface area (Å²) in [5.74, 6) is -5.28. The first kappa shape index (κ1) is 18.5. The number of phosphoric ester groups is 1. The van der Waals surface area contributed by atoms with Crippen LogP contribution in [0, 0.1) is 5.82 Å². The number of carbonyl (C=O) groups is 1. The number of halogens is 1. The van der Waals surface area contributed by atoms with E-state index >= 15 is 4.39 Å². The second-order valence-corrected chi connectivity index (χ2v) is 9.10. The molecule has 0 atom stereocenters. The second kappa shape index (κ2) is 11.3. The van der Waals surface area contributed by atoms with Gasteiger partial charge in [0.2, 0.25) is 5.75 Å². The lowest BCUT2D eigenvalue weighted by Crippen LogP contribution is -2.53. The summed E-state index contributed by atoms with van der Waals surface area (Å²) in [6.45, 7) is -9.19. The van der Waals surface area contributed by atoms with Crippen LogP contribution >= 0.6 is 7.82 Å². The molecule has 0 bridgehead atoms. The minimum Gasteiger partial charge on any atom is -0.790 e. The van der Waals surface area contributed by atoms with Crippen molar-refractivity contribution in [3.05, 3.63) is 59.0 Å². The van der Waals surface area contributed by atoms with Gasteiger partial charge in [-0.15, -0.1) is 0 Å². The molecule has 0 N–H and O–H groups in total. The maximum absolute atomic E-state index is 15.1. The number of anilines is 1. The molecule has 0 saturated carbocycles. The summed E-state index contributed by atoms with van der Waals surface area (Å²) in [5.41, 5.74) is -4.76. The Morgan fingerprint density at radius 1 is 1.12 bits per heavy atom. The van der Waals surface area contributed by atoms with Gasteiger partial charge >= 0.3 is 0 Å². The van der Waals surface area contributed by atoms with E-state index in [9.17, 15) is 19.1 Å². The standard InChI is InChI=1S/C25H28FN4O9P/c1-25(2)24(31)30(13-38-40(32,33)34)23-18(39-25)7-6-15(28-23)11-17-16(26)12-27-21(29-17)10-14-8-19(35-3)22(37-5)20(9-14)36-4/h6-9,12H,10-11,13H2,1-5H3,(H2,32,33,34)/p-2/i1D3,2D3,6D,7D,8D,9D. The van der Waals surface area contributed by atoms with Gasteiger partial charge in [-0.25, -0.2) is 19.3 Å². The summed E-state index contributed by atoms with van der Waals surface area (Å²) in [6.07, 6.45) is -0.342. The molecule has 0 unspecified atom stereocenters. The van der Waals surface area contributed by atoms with Crippen LogP contribution < -0.4 is 33.6 Å². The minimum atomic E-state index is -5.89. The molecule has 1 aliphatic rings. The van der Waals surface area contributed by atoms with Crippen molar-refractivity contribution in [1.82, 2.24) is 15.0 Å². The molecule has 0 aliphatic carbocycles. The molecule has 4 rings (SSSR count). The van der Waals surface area contributed by atoms with E-state index < -0.39 is 87.0 Å². The van der Waals surface area contributed by atoms with Gasteiger partial charge in [0.1, 0.15) is 12.6 Å². The van der Waals surface area contributed by atoms with E-state index in [0.29, 0.717) is 0 Å². The molecule has 0 spiro atoms. The zero-order valence-electron chi connectivity index (χ0n) is 31.0. The first-order valence-electron chi connectivity index (χ1n) is 16.0. The normalized spacial score (nSPS) is 18.6. The molecule has 40 heavy (non-hydrogen) atoms. The number of hydrogen-bond donors (Lipinski definition) is 0. The molecule has 214 valence electrons. The van der Waals surface area contributed by atoms with Crippen LogP contribution in [0.5, 0.6) is 23.0 Å². The van der Waals surface area contributed by atoms with Gasteiger partial charge in [0.25, 0.3) is 5.91 Å². The maximum atomic E-state index is 15.1. The van der Waals surface area contributed by atoms with E-state index in [1.54, 1.807) is 0 Å². The number of phosphoric acid groups is 1. The summed E-state index contributed by atoms with van der Waals surface area (Å²) in [7, 11) is -2.08. The Kier molecular flexibility index (Phi) is 5.24. The summed E-state index contributed by atoms with van der Waals surface area (Å²) >= 11 is 0. The SMILES string of the molecule is [2H]c1c(Cc2nc(Cc3c([2H])c(OC)c(OC)c(OC)c3[2H])ncc2F)nc2c(c1[2H])OC(C([2H])([2H])[2H])(C([2H])([2H])[2H])C(=O)N2COP(=O)([O-])[O-]. The van der Waals surface area contributed by atoms with Gasteiger partial charge in [0.05, 0.1) is 46.5 Å². The highest BCUT2D eigenvalue weighted by atomic mass is 31.2. The summed E-state index contributed by atoms with van der Waals surface area (Å²) < 4.78 is 132. The Labute approximate surface area is 243 Å². The molecule has 3 aromatic rings. The van der Waals surface area contributed by atoms with Crippen LogP contribution in [0.25, 0.3) is 0 Å². The van der Waals surface area contributed by atoms with Gasteiger partial charge in [-0.3, -0.25) is 9.69 Å². The highest BCUT2D eigenvalue weighted by Gasteiger charge is 2.42. The highest BCUT2D eigenvalue weighted by Crippen LogP contribution is 2.39. The molecular formula is C25H26FN4O9P-2. The predicted molar refractivity (Wildman–Crippen MR) is 134 cm³/mol. The van der Waals surface area contributed by atoms with Gasteiger partial charge in [-0.05, 0) is 43.4 Å². The average Bonchev–Trinajstić information content (AvgIpc) is 3.00. The van der Waals surface area contributed by atoms with E-state index in [4.69, 9.17) is 32.7 Å². The van der Waals surface area contributed by atoms with Crippen molar-refractivity contribution in [2.45, 2.75) is 32.1 Å². The molecular weight excluding hydrogens is 550 g/mol. The van der Waals surface area contributed by atoms with E-state index in [1.807, 2.05) is 0 Å². The Hall–Kier alpha value is -3.84. The minimum absolute atomic E-state index is 0.00840. The number of hydrogen-bond acceptors (Lipinski definition) is 12. The van der Waals surface area contributed by atoms with E-state index in [0.717, 1.165) is 6.20 Å². The van der Waals surface area contributed by atoms with E-state index in [-0.39, 0.29) is 52.0 Å². The Morgan fingerprint density at radius 3 is 2.42 bits per heavy atom. The van der Waals surface area contributed by atoms with Crippen molar-refractivity contribution in [3.63, 3.8) is 0 Å². The van der Waals surface area contributed by atoms with Gasteiger partial charge in [0, 0.05) is 26.8 Å². The van der Waals surface area contributed by atoms with Crippen molar-refractivity contribution in [3.8, 4) is 23.0 Å². The van der Waals surface area contributed by atoms with Crippen LogP contribution in [0.3, 0.4) is 0 Å². The average molecular weight is 587 g/mol. The Bertz CT molecular complexity index is 1850. The third kappa shape index (κ3) is 6.31. The monoisotopic (exact) mass is 586 g/mol. The predicted octanol–water partition coefficient (Wildman–Crippen LogP) is 1.52. The van der Waals surface area contributed by atoms with Crippen LogP contribution in [0.1, 0.15) is 50.2 Å². The lowest BCUT2D eigenvalue weighted by molar-refractivity contribution is -0.341. The molecule has 0 saturated heterocycles. The molecule has 1 amide bonds. The fourth-order valence-corrected chi connectivity index (χ4v) is 3.77. The number of fused-ring (bicyclic) bond motifs is 1. The van der Waals surface area contributed by atoms with Crippen molar-refractivity contribution < 1.29 is 60.7 Å². The van der Waals surface area contributed by atoms with Gasteiger partial charge in [-0.2, -0.15) is 0 Å². The summed E-state index contributed by atoms with van der Waals surface area (Å²) in [5, 5.41) is 0. The number of methoxy groups -OCH3 is 3. The molecule has 1 aromatic carbocycles. The molecule has 0 fully saturated rings. The zero-order valence-corrected chi connectivity index (χ0v) is 21.9. The van der Waals surface area contributed by atoms with Crippen molar-refractivity contribution in [1.29, 1.82) is 0 Å². The van der Waals surface area contributed by atoms with Crippen LogP contribution in [-0.4, -0.2) is 54.5 Å². The first-order valence-corrected chi connectivity index (χ1v) is 12.5. The topological polar surface area (TPSA) is 168 Å². The van der Waals surface area contributed by atoms with E-state index in [2.05, 4.69) is 19.5 Å². The number of aromatic nitrogens is 3. The molecule has 15 heteroatoms. The highest BCUT2D eigenvalue weighted by molar-refractivity contribution is 7.43. The largest absolute Gasteiger partial charge is 0.790 e. The quantitative estimate of drug-likeness (QED) is 0.315. The lowest BCUT2D eigenvalue weighted by atomic mass is 10.1. The molecule has 1 aliphatic heterocycles. The Balaban J connectivity index is 1.84. The number of rotatable bonds is 10. The number of amides is 1. The van der Waals surface area contributed by atoms with Crippen molar-refractivity contribution >= 4 is 19.5 Å². The number of nitrogens with zero attached hydrogens (tertiary/aromatic N) is 4. The molecule has 13 nitrogen and oxygen atoms in total. The maximum Gasteiger partial charge on any atom is 0.273 e. The Morgan fingerprint density at radius 2 is 1.82 bits per heavy atom. The van der Waals surface area contributed by atoms with E-state index in [1.165, 1.54) is 21.3 Å². The molecule has 3 heterocycles.